The zero-order valence-corrected chi connectivity index (χ0v) is 12.7. The van der Waals surface area contributed by atoms with Crippen LogP contribution in [0.2, 0.25) is 0 Å². The van der Waals surface area contributed by atoms with Gasteiger partial charge in [0.1, 0.15) is 0 Å². The van der Waals surface area contributed by atoms with Crippen LogP contribution < -0.4 is 5.32 Å². The van der Waals surface area contributed by atoms with Gasteiger partial charge in [-0.05, 0) is 57.5 Å². The first-order valence-electron chi connectivity index (χ1n) is 8.87. The van der Waals surface area contributed by atoms with Gasteiger partial charge in [0.15, 0.2) is 0 Å². The van der Waals surface area contributed by atoms with Crippen molar-refractivity contribution in [3.63, 3.8) is 0 Å². The van der Waals surface area contributed by atoms with Crippen LogP contribution in [0.25, 0.3) is 0 Å². The van der Waals surface area contributed by atoms with Crippen molar-refractivity contribution in [3.05, 3.63) is 0 Å². The molecule has 0 amide bonds. The molecule has 0 aromatic rings. The van der Waals surface area contributed by atoms with Crippen LogP contribution >= 0.6 is 0 Å². The smallest absolute Gasteiger partial charge is 0.0252 e. The molecule has 3 fully saturated rings. The molecule has 3 rings (SSSR count). The van der Waals surface area contributed by atoms with Gasteiger partial charge in [-0.15, -0.1) is 0 Å². The van der Waals surface area contributed by atoms with Crippen LogP contribution in [-0.2, 0) is 0 Å². The molecule has 0 radical (unpaired) electrons. The predicted octanol–water partition coefficient (Wildman–Crippen LogP) is 3.56. The van der Waals surface area contributed by atoms with Gasteiger partial charge in [0.25, 0.3) is 0 Å². The maximum atomic E-state index is 3.78. The van der Waals surface area contributed by atoms with Crippen LogP contribution in [0.15, 0.2) is 0 Å². The van der Waals surface area contributed by atoms with E-state index in [4.69, 9.17) is 0 Å². The number of hydrogen-bond acceptors (Lipinski definition) is 2. The molecule has 0 aromatic heterocycles. The minimum atomic E-state index is 0.808. The highest BCUT2D eigenvalue weighted by Gasteiger charge is 2.36. The van der Waals surface area contributed by atoms with E-state index in [9.17, 15) is 0 Å². The molecule has 2 heteroatoms. The van der Waals surface area contributed by atoms with Crippen molar-refractivity contribution in [2.24, 2.45) is 5.92 Å². The lowest BCUT2D eigenvalue weighted by molar-refractivity contribution is 0.0420. The molecule has 2 aliphatic heterocycles. The molecule has 0 aromatic carbocycles. The van der Waals surface area contributed by atoms with E-state index in [-0.39, 0.29) is 0 Å². The number of rotatable bonds is 3. The Bertz CT molecular complexity index is 272. The summed E-state index contributed by atoms with van der Waals surface area (Å²) >= 11 is 0. The van der Waals surface area contributed by atoms with E-state index in [1.165, 1.54) is 77.3 Å². The van der Waals surface area contributed by atoms with Gasteiger partial charge < -0.3 is 5.32 Å². The van der Waals surface area contributed by atoms with Crippen LogP contribution in [-0.4, -0.2) is 36.1 Å². The van der Waals surface area contributed by atoms with Gasteiger partial charge in [0.05, 0.1) is 0 Å². The van der Waals surface area contributed by atoms with E-state index in [1.54, 1.807) is 0 Å². The van der Waals surface area contributed by atoms with Gasteiger partial charge in [0.2, 0.25) is 0 Å². The molecule has 2 saturated heterocycles. The summed E-state index contributed by atoms with van der Waals surface area (Å²) in [6.45, 7) is 5.03. The molecular weight excluding hydrogens is 232 g/mol. The molecule has 110 valence electrons. The van der Waals surface area contributed by atoms with E-state index in [0.717, 1.165) is 24.0 Å². The third-order valence-corrected chi connectivity index (χ3v) is 5.96. The second-order valence-corrected chi connectivity index (χ2v) is 7.10. The van der Waals surface area contributed by atoms with Crippen LogP contribution in [0.3, 0.4) is 0 Å². The fourth-order valence-corrected chi connectivity index (χ4v) is 4.84. The molecule has 2 nitrogen and oxygen atoms in total. The zero-order valence-electron chi connectivity index (χ0n) is 12.7. The quantitative estimate of drug-likeness (QED) is 0.838. The SMILES string of the molecule is CCC1CCCC(N2CCCCC2C2CCCN2)C1. The summed E-state index contributed by atoms with van der Waals surface area (Å²) < 4.78 is 0. The normalized spacial score (nSPS) is 41.5. The highest BCUT2D eigenvalue weighted by atomic mass is 15.2. The lowest BCUT2D eigenvalue weighted by Crippen LogP contribution is -2.55. The van der Waals surface area contributed by atoms with Crippen molar-refractivity contribution in [2.45, 2.75) is 89.3 Å². The van der Waals surface area contributed by atoms with Crippen molar-refractivity contribution in [1.29, 1.82) is 0 Å². The van der Waals surface area contributed by atoms with Crippen molar-refractivity contribution >= 4 is 0 Å². The minimum absolute atomic E-state index is 0.808. The Morgan fingerprint density at radius 3 is 2.74 bits per heavy atom. The lowest BCUT2D eigenvalue weighted by Gasteiger charge is -2.46. The molecule has 0 bridgehead atoms. The Hall–Kier alpha value is -0.0800. The summed E-state index contributed by atoms with van der Waals surface area (Å²) in [4.78, 5) is 2.94. The third-order valence-electron chi connectivity index (χ3n) is 5.96. The van der Waals surface area contributed by atoms with E-state index < -0.39 is 0 Å². The summed E-state index contributed by atoms with van der Waals surface area (Å²) in [5.41, 5.74) is 0. The monoisotopic (exact) mass is 264 g/mol. The first-order chi connectivity index (χ1) is 9.38. The third kappa shape index (κ3) is 3.16. The van der Waals surface area contributed by atoms with Gasteiger partial charge >= 0.3 is 0 Å². The zero-order chi connectivity index (χ0) is 13.1. The second kappa shape index (κ2) is 6.58. The fraction of sp³-hybridized carbons (Fsp3) is 1.00. The molecule has 2 heterocycles. The van der Waals surface area contributed by atoms with E-state index in [0.29, 0.717) is 0 Å². The molecule has 1 aliphatic carbocycles. The molecule has 4 unspecified atom stereocenters. The first kappa shape index (κ1) is 13.9. The van der Waals surface area contributed by atoms with Gasteiger partial charge in [0, 0.05) is 18.1 Å². The lowest BCUT2D eigenvalue weighted by atomic mass is 9.81. The summed E-state index contributed by atoms with van der Waals surface area (Å²) in [7, 11) is 0. The van der Waals surface area contributed by atoms with Crippen LogP contribution in [0.1, 0.15) is 71.1 Å². The molecule has 0 spiro atoms. The highest BCUT2D eigenvalue weighted by Crippen LogP contribution is 2.34. The predicted molar refractivity (Wildman–Crippen MR) is 81.4 cm³/mol. The number of hydrogen-bond donors (Lipinski definition) is 1. The number of likely N-dealkylation sites (tertiary alicyclic amines) is 1. The topological polar surface area (TPSA) is 15.3 Å². The molecule has 3 aliphatic rings. The van der Waals surface area contributed by atoms with E-state index in [2.05, 4.69) is 17.1 Å². The Morgan fingerprint density at radius 1 is 1.00 bits per heavy atom. The molecular formula is C17H32N2. The van der Waals surface area contributed by atoms with Crippen molar-refractivity contribution < 1.29 is 0 Å². The Labute approximate surface area is 119 Å². The summed E-state index contributed by atoms with van der Waals surface area (Å²) in [5, 5.41) is 3.78. The van der Waals surface area contributed by atoms with Gasteiger partial charge in [-0.3, -0.25) is 4.90 Å². The average Bonchev–Trinajstić information content (AvgIpc) is 3.01. The maximum absolute atomic E-state index is 3.78. The largest absolute Gasteiger partial charge is 0.312 e. The number of nitrogens with zero attached hydrogens (tertiary/aromatic N) is 1. The fourth-order valence-electron chi connectivity index (χ4n) is 4.84. The van der Waals surface area contributed by atoms with Gasteiger partial charge in [-0.2, -0.15) is 0 Å². The van der Waals surface area contributed by atoms with Gasteiger partial charge in [-0.1, -0.05) is 32.6 Å². The van der Waals surface area contributed by atoms with Crippen LogP contribution in [0.5, 0.6) is 0 Å². The molecule has 1 N–H and O–H groups in total. The Balaban J connectivity index is 1.65. The van der Waals surface area contributed by atoms with Gasteiger partial charge in [-0.25, -0.2) is 0 Å². The molecule has 19 heavy (non-hydrogen) atoms. The van der Waals surface area contributed by atoms with Crippen molar-refractivity contribution in [2.75, 3.05) is 13.1 Å². The average molecular weight is 264 g/mol. The molecule has 4 atom stereocenters. The summed E-state index contributed by atoms with van der Waals surface area (Å²) in [5.74, 6) is 1.01. The number of nitrogens with one attached hydrogen (secondary N) is 1. The maximum Gasteiger partial charge on any atom is 0.0252 e. The number of piperidine rings is 1. The minimum Gasteiger partial charge on any atom is -0.312 e. The highest BCUT2D eigenvalue weighted by molar-refractivity contribution is 4.94. The van der Waals surface area contributed by atoms with Crippen molar-refractivity contribution in [3.8, 4) is 0 Å². The first-order valence-corrected chi connectivity index (χ1v) is 8.87. The standard InChI is InChI=1S/C17H32N2/c1-2-14-7-5-8-15(13-14)19-12-4-3-10-17(19)16-9-6-11-18-16/h14-18H,2-13H2,1H3. The molecule has 1 saturated carbocycles. The summed E-state index contributed by atoms with van der Waals surface area (Å²) in [6.07, 6.45) is 14.5. The van der Waals surface area contributed by atoms with Crippen LogP contribution in [0, 0.1) is 5.92 Å². The van der Waals surface area contributed by atoms with Crippen LogP contribution in [0.4, 0.5) is 0 Å². The van der Waals surface area contributed by atoms with E-state index in [1.807, 2.05) is 0 Å². The second-order valence-electron chi connectivity index (χ2n) is 7.10. The Morgan fingerprint density at radius 2 is 1.95 bits per heavy atom. The van der Waals surface area contributed by atoms with E-state index >= 15 is 0 Å². The Kier molecular flexibility index (Phi) is 4.81. The summed E-state index contributed by atoms with van der Waals surface area (Å²) in [6, 6.07) is 2.57. The van der Waals surface area contributed by atoms with Crippen molar-refractivity contribution in [1.82, 2.24) is 10.2 Å².